The highest BCUT2D eigenvalue weighted by Crippen LogP contribution is 2.38. The molecule has 0 saturated carbocycles. The molecule has 121 heavy (non-hydrogen) atoms. The summed E-state index contributed by atoms with van der Waals surface area (Å²) < 4.78 is 43.3. The van der Waals surface area contributed by atoms with Gasteiger partial charge in [0, 0.05) is 107 Å². The number of alkyl carbamates (subject to hydrolysis) is 2. The maximum absolute atomic E-state index is 14.0. The van der Waals surface area contributed by atoms with Gasteiger partial charge in [-0.15, -0.1) is 10.2 Å². The highest BCUT2D eigenvalue weighted by molar-refractivity contribution is 8.00. The molecule has 2 aromatic heterocycles. The van der Waals surface area contributed by atoms with Crippen molar-refractivity contribution >= 4 is 106 Å². The zero-order valence-corrected chi connectivity index (χ0v) is 73.9. The molecular formula is C82H126ClFN16O19S2. The van der Waals surface area contributed by atoms with Crippen LogP contribution in [0.4, 0.5) is 23.6 Å². The fraction of sp³-hybridized carbons (Fsp3) is 0.671. The minimum Gasteiger partial charge on any atom is -0.480 e. The Morgan fingerprint density at radius 2 is 1.27 bits per heavy atom. The number of aliphatic hydroxyl groups excluding tert-OH is 1. The molecule has 0 spiro atoms. The quantitative estimate of drug-likeness (QED) is 0.0144. The summed E-state index contributed by atoms with van der Waals surface area (Å²) >= 11 is 10.1. The summed E-state index contributed by atoms with van der Waals surface area (Å²) in [6.07, 6.45) is 14.2. The first-order valence-corrected chi connectivity index (χ1v) is 44.1. The van der Waals surface area contributed by atoms with E-state index >= 15 is 0 Å². The zero-order chi connectivity index (χ0) is 88.8. The van der Waals surface area contributed by atoms with Crippen molar-refractivity contribution in [3.8, 4) is 0 Å². The molecule has 0 bridgehead atoms. The number of aliphatic hydroxyl groups is 1. The predicted molar refractivity (Wildman–Crippen MR) is 454 cm³/mol. The minimum atomic E-state index is -1.06. The van der Waals surface area contributed by atoms with E-state index in [1.165, 1.54) is 12.1 Å². The molecular weight excluding hydrogens is 1630 g/mol. The van der Waals surface area contributed by atoms with Crippen LogP contribution in [0.15, 0.2) is 65.2 Å². The lowest BCUT2D eigenvalue weighted by Crippen LogP contribution is -2.48. The number of carbonyl (C=O) groups is 11. The lowest BCUT2D eigenvalue weighted by Gasteiger charge is -2.28. The molecule has 39 heteroatoms. The van der Waals surface area contributed by atoms with Crippen LogP contribution in [0.3, 0.4) is 0 Å². The van der Waals surface area contributed by atoms with Crippen molar-refractivity contribution in [3.63, 3.8) is 0 Å². The summed E-state index contributed by atoms with van der Waals surface area (Å²) in [4.78, 5) is 147. The van der Waals surface area contributed by atoms with Crippen molar-refractivity contribution in [1.82, 2.24) is 72.5 Å². The van der Waals surface area contributed by atoms with E-state index in [0.29, 0.717) is 127 Å². The molecule has 12 N–H and O–H groups in total. The van der Waals surface area contributed by atoms with E-state index in [1.807, 2.05) is 23.5 Å². The van der Waals surface area contributed by atoms with Crippen molar-refractivity contribution in [3.05, 3.63) is 87.9 Å². The van der Waals surface area contributed by atoms with Crippen LogP contribution in [0.5, 0.6) is 0 Å². The second kappa shape index (κ2) is 52.1. The number of halogens is 2. The van der Waals surface area contributed by atoms with E-state index in [-0.39, 0.29) is 117 Å². The average Bonchev–Trinajstić information content (AvgIpc) is 1.74. The number of hydroxylamine groups is 2. The summed E-state index contributed by atoms with van der Waals surface area (Å²) in [7, 11) is 0. The number of fused-ring (bicyclic) bond motifs is 2. The number of pyridine rings is 1. The van der Waals surface area contributed by atoms with E-state index in [0.717, 1.165) is 69.1 Å². The van der Waals surface area contributed by atoms with Gasteiger partial charge in [-0.3, -0.25) is 38.8 Å². The lowest BCUT2D eigenvalue weighted by atomic mass is 9.92. The monoisotopic (exact) mass is 1760 g/mol. The number of thioether (sulfide) groups is 2. The maximum atomic E-state index is 14.0. The molecule has 9 atom stereocenters. The second-order valence-electron chi connectivity index (χ2n) is 32.3. The first-order valence-electron chi connectivity index (χ1n) is 41.7. The number of aliphatic imine (C=N–C) groups is 1. The number of amides is 9. The third-order valence-electron chi connectivity index (χ3n) is 19.7. The number of urea groups is 2. The van der Waals surface area contributed by atoms with Crippen molar-refractivity contribution in [1.29, 1.82) is 0 Å². The van der Waals surface area contributed by atoms with Crippen LogP contribution in [-0.2, 0) is 75.2 Å². The minimum absolute atomic E-state index is 0.0338. The molecule has 5 saturated heterocycles. The van der Waals surface area contributed by atoms with Gasteiger partial charge in [-0.25, -0.2) is 37.8 Å². The number of aliphatic carboxylic acids is 1. The number of rotatable bonds is 45. The zero-order valence-electron chi connectivity index (χ0n) is 71.5. The number of imide groups is 1. The number of ether oxygens (including phenoxy) is 5. The molecule has 9 amide bonds. The standard InChI is InChI=1S/C49H66ClFN10O10S.C14H19N3O5S.C11H22N2O4.C8H19N/c1-49(2,3)71-48(67)56-37(11-6-4-5-9-34(63)10-7-8-12-41-44-39(30-72-41)55-47(66)58-44)46(65)53-19-21-68-23-24-69-22-20-61-26-33(59-60-61)28-70-29-38-42(40(64)27-62)43(35-14-13-32(51)25-36(35)50)57-45(54-38)31-15-17-52-18-16-31;18-10-5-6-11(19)17(10)22-12(20)4-2-1-3-9-13-8(7-23-9)15-14(21)16-13;1-11(2,3)17-10(16)13-8(9(14)15)6-4-5-7-12;1-6-9(7(2)3)8(4)5/h13-18,25-26,37,39,41,43-44,62H,4-12,19-24,27-30H2,1-3H3,(H,53,65)(H,54,57)(H,56,67)(H2,55,58,66);8-9,13H,1-7H2,(H2,15,16,21);8H,4-7,12H2,1-3H3,(H,13,16)(H,14,15);7-8H,6H2,1-5H3/t37-,39-,41-,43?,44-;8-,9-,13-;8-;/m000./s1. The van der Waals surface area contributed by atoms with Crippen LogP contribution in [-0.4, -0.2) is 252 Å². The molecule has 8 heterocycles. The Morgan fingerprint density at radius 1 is 0.711 bits per heavy atom. The SMILES string of the molecule is CC(C)(C)OC(=O)N[C@@H](CCCCCC(=O)CCCC[C@@H]1SC[C@@H]2NC(=O)N[C@@H]21)C(=O)NCCOCCOCCn1cc(COCC2=C(C(=O)CO)C(c3ccc(F)cc3Cl)N=C(c3ccncc3)N2)nn1.CC(C)(C)OC(=O)N[C@@H](CCCCN)C(=O)O.CCN(C(C)C)C(C)C.O=C1N[C@H]2[C@H](CS[C@H]2CCCCC(=O)ON2C(=O)CCC2=O)N1. The number of unbranched alkanes of at least 4 members (excludes halogenated alkanes) is 5. The van der Waals surface area contributed by atoms with Gasteiger partial charge in [0.05, 0.1) is 82.2 Å². The number of hydrogen-bond donors (Lipinski definition) is 11. The van der Waals surface area contributed by atoms with Crippen LogP contribution in [0, 0.1) is 5.82 Å². The maximum Gasteiger partial charge on any atom is 0.408 e. The molecule has 0 aliphatic carbocycles. The van der Waals surface area contributed by atoms with E-state index in [9.17, 15) is 62.2 Å². The Balaban J connectivity index is 0.000000369. The number of aromatic nitrogens is 4. The van der Waals surface area contributed by atoms with Gasteiger partial charge < -0.3 is 87.0 Å². The van der Waals surface area contributed by atoms with E-state index in [4.69, 9.17) is 56.0 Å². The highest BCUT2D eigenvalue weighted by Gasteiger charge is 2.44. The number of hydrogen-bond acceptors (Lipinski definition) is 27. The molecule has 0 radical (unpaired) electrons. The van der Waals surface area contributed by atoms with E-state index < -0.39 is 83.5 Å². The number of nitrogens with zero attached hydrogens (tertiary/aromatic N) is 7. The van der Waals surface area contributed by atoms with Gasteiger partial charge in [0.25, 0.3) is 11.8 Å². The van der Waals surface area contributed by atoms with Crippen LogP contribution < -0.4 is 48.3 Å². The van der Waals surface area contributed by atoms with Gasteiger partial charge in [-0.2, -0.15) is 23.5 Å². The van der Waals surface area contributed by atoms with Crippen molar-refractivity contribution in [2.75, 3.05) is 70.8 Å². The number of nitrogens with two attached hydrogens (primary N) is 1. The third-order valence-corrected chi connectivity index (χ3v) is 23.1. The van der Waals surface area contributed by atoms with Gasteiger partial charge in [0.1, 0.15) is 59.1 Å². The summed E-state index contributed by atoms with van der Waals surface area (Å²) in [5.74, 6) is -1.58. The predicted octanol–water partition coefficient (Wildman–Crippen LogP) is 8.41. The number of carbonyl (C=O) groups excluding carboxylic acids is 10. The largest absolute Gasteiger partial charge is 0.480 e. The summed E-state index contributed by atoms with van der Waals surface area (Å²) in [6, 6.07) is 6.53. The molecule has 9 rings (SSSR count). The highest BCUT2D eigenvalue weighted by atomic mass is 35.5. The Hall–Kier alpha value is -8.63. The summed E-state index contributed by atoms with van der Waals surface area (Å²) in [6.45, 7) is 24.1. The van der Waals surface area contributed by atoms with Crippen molar-refractivity contribution in [2.24, 2.45) is 10.7 Å². The first kappa shape index (κ1) is 101. The van der Waals surface area contributed by atoms with Crippen molar-refractivity contribution in [2.45, 2.75) is 281 Å². The molecule has 1 unspecified atom stereocenters. The first-order chi connectivity index (χ1) is 57.6. The molecule has 5 fully saturated rings. The number of ketones is 2. The van der Waals surface area contributed by atoms with Gasteiger partial charge in [0.15, 0.2) is 5.78 Å². The Kier molecular flexibility index (Phi) is 43.6. The summed E-state index contributed by atoms with van der Waals surface area (Å²) in [5, 5.41) is 51.3. The number of Topliss-reactive ketones (excluding diaryl/α,β-unsaturated/α-hetero) is 2. The van der Waals surface area contributed by atoms with E-state index in [1.54, 1.807) is 76.9 Å². The molecule has 35 nitrogen and oxygen atoms in total. The summed E-state index contributed by atoms with van der Waals surface area (Å²) in [5.41, 5.74) is 5.97. The van der Waals surface area contributed by atoms with E-state index in [2.05, 4.69) is 97.3 Å². The molecule has 674 valence electrons. The van der Waals surface area contributed by atoms with Gasteiger partial charge in [-0.1, -0.05) is 55.5 Å². The number of carboxylic acids is 1. The Labute approximate surface area is 721 Å². The van der Waals surface area contributed by atoms with Crippen LogP contribution in [0.2, 0.25) is 5.02 Å². The number of benzene rings is 1. The number of nitrogens with one attached hydrogen (secondary N) is 8. The van der Waals surface area contributed by atoms with Gasteiger partial charge in [-0.05, 0) is 164 Å². The molecule has 3 aromatic rings. The average molecular weight is 1760 g/mol. The number of carboxylic acid groups (broad SMARTS) is 1. The molecule has 6 aliphatic heterocycles. The fourth-order valence-electron chi connectivity index (χ4n) is 13.9. The van der Waals surface area contributed by atoms with Crippen LogP contribution in [0.25, 0.3) is 0 Å². The third kappa shape index (κ3) is 36.4. The van der Waals surface area contributed by atoms with Crippen molar-refractivity contribution < 1.29 is 95.9 Å². The normalized spacial score (nSPS) is 19.6. The van der Waals surface area contributed by atoms with Gasteiger partial charge in [0.2, 0.25) is 5.91 Å². The Morgan fingerprint density at radius 3 is 1.82 bits per heavy atom. The van der Waals surface area contributed by atoms with Crippen LogP contribution >= 0.6 is 35.1 Å². The molecule has 6 aliphatic rings. The lowest BCUT2D eigenvalue weighted by molar-refractivity contribution is -0.197. The van der Waals surface area contributed by atoms with Crippen LogP contribution in [0.1, 0.15) is 215 Å². The number of amidine groups is 1. The topological polar surface area (TPSA) is 468 Å². The fourth-order valence-corrected chi connectivity index (χ4v) is 17.3. The Bertz CT molecular complexity index is 3900. The molecule has 1 aromatic carbocycles. The second-order valence-corrected chi connectivity index (χ2v) is 35.3. The smallest absolute Gasteiger partial charge is 0.408 e. The van der Waals surface area contributed by atoms with Gasteiger partial charge >= 0.3 is 36.2 Å².